The minimum atomic E-state index is -0.804. The molecular formula is C25H26FN3O2. The summed E-state index contributed by atoms with van der Waals surface area (Å²) in [5.74, 6) is -0.747. The molecule has 31 heavy (non-hydrogen) atoms. The van der Waals surface area contributed by atoms with E-state index < -0.39 is 6.04 Å². The first-order chi connectivity index (χ1) is 15.1. The van der Waals surface area contributed by atoms with Crippen LogP contribution in [0, 0.1) is 5.82 Å². The van der Waals surface area contributed by atoms with E-state index >= 15 is 0 Å². The molecule has 5 nitrogen and oxygen atoms in total. The Balaban J connectivity index is 1.91. The lowest BCUT2D eigenvalue weighted by Crippen LogP contribution is -2.43. The second kappa shape index (κ2) is 11.0. The van der Waals surface area contributed by atoms with Crippen LogP contribution in [0.2, 0.25) is 0 Å². The molecule has 1 heterocycles. The Labute approximate surface area is 181 Å². The van der Waals surface area contributed by atoms with Crippen LogP contribution in [0.1, 0.15) is 42.5 Å². The van der Waals surface area contributed by atoms with Crippen molar-refractivity contribution in [2.45, 2.75) is 38.9 Å². The molecular weight excluding hydrogens is 393 g/mol. The number of hydrogen-bond acceptors (Lipinski definition) is 3. The van der Waals surface area contributed by atoms with Gasteiger partial charge in [-0.3, -0.25) is 14.6 Å². The van der Waals surface area contributed by atoms with E-state index in [1.807, 2.05) is 49.4 Å². The fourth-order valence-electron chi connectivity index (χ4n) is 3.36. The monoisotopic (exact) mass is 419 g/mol. The van der Waals surface area contributed by atoms with Crippen molar-refractivity contribution in [3.05, 3.63) is 102 Å². The molecule has 0 aliphatic rings. The van der Waals surface area contributed by atoms with Gasteiger partial charge in [-0.15, -0.1) is 0 Å². The third-order valence-electron chi connectivity index (χ3n) is 4.92. The smallest absolute Gasteiger partial charge is 0.247 e. The largest absolute Gasteiger partial charge is 0.350 e. The number of halogens is 1. The number of aromatic nitrogens is 1. The third kappa shape index (κ3) is 6.22. The molecule has 160 valence electrons. The minimum absolute atomic E-state index is 0.128. The molecule has 3 aromatic rings. The van der Waals surface area contributed by atoms with Crippen molar-refractivity contribution in [2.24, 2.45) is 0 Å². The molecule has 0 radical (unpaired) electrons. The fourth-order valence-corrected chi connectivity index (χ4v) is 3.36. The number of nitrogens with one attached hydrogen (secondary N) is 1. The Morgan fingerprint density at radius 2 is 1.74 bits per heavy atom. The Bertz CT molecular complexity index is 979. The van der Waals surface area contributed by atoms with Gasteiger partial charge >= 0.3 is 0 Å². The predicted molar refractivity (Wildman–Crippen MR) is 117 cm³/mol. The second-order valence-corrected chi connectivity index (χ2v) is 7.29. The number of carbonyl (C=O) groups excluding carboxylic acids is 2. The summed E-state index contributed by atoms with van der Waals surface area (Å²) in [6, 6.07) is 18.1. The highest BCUT2D eigenvalue weighted by atomic mass is 19.1. The van der Waals surface area contributed by atoms with Crippen molar-refractivity contribution in [3.63, 3.8) is 0 Å². The zero-order valence-electron chi connectivity index (χ0n) is 17.5. The summed E-state index contributed by atoms with van der Waals surface area (Å²) in [6.45, 7) is 2.44. The van der Waals surface area contributed by atoms with Crippen LogP contribution in [0.15, 0.2) is 79.1 Å². The summed E-state index contributed by atoms with van der Waals surface area (Å²) in [5.41, 5.74) is 2.34. The summed E-state index contributed by atoms with van der Waals surface area (Å²) in [6.07, 6.45) is 4.35. The van der Waals surface area contributed by atoms with Crippen molar-refractivity contribution in [1.82, 2.24) is 15.2 Å². The van der Waals surface area contributed by atoms with Gasteiger partial charge in [0, 0.05) is 31.9 Å². The van der Waals surface area contributed by atoms with Gasteiger partial charge in [-0.1, -0.05) is 55.5 Å². The van der Waals surface area contributed by atoms with Gasteiger partial charge in [-0.2, -0.15) is 0 Å². The lowest BCUT2D eigenvalue weighted by atomic mass is 10.0. The lowest BCUT2D eigenvalue weighted by molar-refractivity contribution is -0.141. The first-order valence-corrected chi connectivity index (χ1v) is 10.3. The van der Waals surface area contributed by atoms with E-state index in [1.165, 1.54) is 12.1 Å². The molecule has 1 aromatic heterocycles. The van der Waals surface area contributed by atoms with Crippen LogP contribution in [0.4, 0.5) is 4.39 Å². The predicted octanol–water partition coefficient (Wildman–Crippen LogP) is 4.41. The number of hydrogen-bond donors (Lipinski definition) is 1. The summed E-state index contributed by atoms with van der Waals surface area (Å²) >= 11 is 0. The number of pyridine rings is 1. The number of rotatable bonds is 9. The van der Waals surface area contributed by atoms with Crippen molar-refractivity contribution < 1.29 is 14.0 Å². The van der Waals surface area contributed by atoms with Gasteiger partial charge in [-0.05, 0) is 41.3 Å². The van der Waals surface area contributed by atoms with Crippen LogP contribution in [0.3, 0.4) is 0 Å². The van der Waals surface area contributed by atoms with E-state index in [0.717, 1.165) is 16.7 Å². The molecule has 1 atom stereocenters. The van der Waals surface area contributed by atoms with E-state index in [9.17, 15) is 14.0 Å². The molecule has 1 N–H and O–H groups in total. The second-order valence-electron chi connectivity index (χ2n) is 7.29. The Morgan fingerprint density at radius 1 is 1.00 bits per heavy atom. The maximum Gasteiger partial charge on any atom is 0.247 e. The topological polar surface area (TPSA) is 62.3 Å². The number of nitrogens with zero attached hydrogens (tertiary/aromatic N) is 2. The molecule has 0 saturated carbocycles. The van der Waals surface area contributed by atoms with E-state index in [-0.39, 0.29) is 24.2 Å². The maximum absolute atomic E-state index is 13.4. The van der Waals surface area contributed by atoms with Gasteiger partial charge in [0.1, 0.15) is 11.9 Å². The zero-order chi connectivity index (χ0) is 22.1. The maximum atomic E-state index is 13.4. The van der Waals surface area contributed by atoms with Crippen LogP contribution >= 0.6 is 0 Å². The lowest BCUT2D eigenvalue weighted by Gasteiger charge is -2.31. The van der Waals surface area contributed by atoms with Gasteiger partial charge in [0.2, 0.25) is 11.8 Å². The molecule has 0 aliphatic heterocycles. The summed E-state index contributed by atoms with van der Waals surface area (Å²) < 4.78 is 13.4. The molecule has 0 bridgehead atoms. The number of benzene rings is 2. The molecule has 0 aliphatic carbocycles. The highest BCUT2D eigenvalue weighted by Crippen LogP contribution is 2.25. The van der Waals surface area contributed by atoms with Crippen molar-refractivity contribution in [3.8, 4) is 0 Å². The molecule has 3 rings (SSSR count). The van der Waals surface area contributed by atoms with Gasteiger partial charge in [0.05, 0.1) is 0 Å². The minimum Gasteiger partial charge on any atom is -0.350 e. The van der Waals surface area contributed by atoms with E-state index in [2.05, 4.69) is 10.3 Å². The Morgan fingerprint density at radius 3 is 2.39 bits per heavy atom. The molecule has 6 heteroatoms. The van der Waals surface area contributed by atoms with Crippen molar-refractivity contribution >= 4 is 11.8 Å². The van der Waals surface area contributed by atoms with Crippen LogP contribution in [0.25, 0.3) is 0 Å². The number of carbonyl (C=O) groups is 2. The summed E-state index contributed by atoms with van der Waals surface area (Å²) in [7, 11) is 0. The average Bonchev–Trinajstić information content (AvgIpc) is 2.80. The van der Waals surface area contributed by atoms with Gasteiger partial charge < -0.3 is 10.2 Å². The number of amides is 2. The molecule has 0 unspecified atom stereocenters. The first kappa shape index (κ1) is 22.2. The highest BCUT2D eigenvalue weighted by Gasteiger charge is 2.31. The van der Waals surface area contributed by atoms with E-state index in [1.54, 1.807) is 29.4 Å². The highest BCUT2D eigenvalue weighted by molar-refractivity contribution is 5.88. The molecule has 2 amide bonds. The first-order valence-electron chi connectivity index (χ1n) is 10.3. The summed E-state index contributed by atoms with van der Waals surface area (Å²) in [5, 5.41) is 2.94. The molecule has 0 fully saturated rings. The molecule has 2 aromatic carbocycles. The molecule has 0 spiro atoms. The third-order valence-corrected chi connectivity index (χ3v) is 4.92. The van der Waals surface area contributed by atoms with Crippen molar-refractivity contribution in [1.29, 1.82) is 0 Å². The Hall–Kier alpha value is -3.54. The average molecular weight is 420 g/mol. The van der Waals surface area contributed by atoms with Crippen LogP contribution in [0.5, 0.6) is 0 Å². The van der Waals surface area contributed by atoms with Crippen LogP contribution in [-0.4, -0.2) is 21.7 Å². The SMILES string of the molecule is CCCC(=O)N(Cc1ccc(F)cc1)[C@@H](C(=O)NCc1cccnc1)c1ccccc1. The van der Waals surface area contributed by atoms with Gasteiger partial charge in [-0.25, -0.2) is 4.39 Å². The standard InChI is InChI=1S/C25H26FN3O2/c1-2-7-23(30)29(18-19-11-13-22(26)14-12-19)24(21-9-4-3-5-10-21)25(31)28-17-20-8-6-15-27-16-20/h3-6,8-16,24H,2,7,17-18H2,1H3,(H,28,31)/t24-/m1/s1. The zero-order valence-corrected chi connectivity index (χ0v) is 17.5. The van der Waals surface area contributed by atoms with E-state index in [4.69, 9.17) is 0 Å². The fraction of sp³-hybridized carbons (Fsp3) is 0.240. The van der Waals surface area contributed by atoms with Crippen LogP contribution in [-0.2, 0) is 22.7 Å². The quantitative estimate of drug-likeness (QED) is 0.559. The van der Waals surface area contributed by atoms with Crippen LogP contribution < -0.4 is 5.32 Å². The molecule has 0 saturated heterocycles. The van der Waals surface area contributed by atoms with Crippen molar-refractivity contribution in [2.75, 3.05) is 0 Å². The van der Waals surface area contributed by atoms with Gasteiger partial charge in [0.25, 0.3) is 0 Å². The normalized spacial score (nSPS) is 11.5. The Kier molecular flexibility index (Phi) is 7.87. The summed E-state index contributed by atoms with van der Waals surface area (Å²) in [4.78, 5) is 32.0. The van der Waals surface area contributed by atoms with E-state index in [0.29, 0.717) is 19.4 Å². The van der Waals surface area contributed by atoms with Gasteiger partial charge in [0.15, 0.2) is 0 Å².